The van der Waals surface area contributed by atoms with E-state index in [1.807, 2.05) is 12.1 Å². The van der Waals surface area contributed by atoms with Crippen LogP contribution in [0.3, 0.4) is 0 Å². The Morgan fingerprint density at radius 3 is 2.53 bits per heavy atom. The van der Waals surface area contributed by atoms with Crippen LogP contribution < -0.4 is 0 Å². The first-order valence-corrected chi connectivity index (χ1v) is 5.13. The molecule has 0 bridgehead atoms. The molecule has 0 aliphatic heterocycles. The number of hydrogen-bond acceptors (Lipinski definition) is 2. The maximum Gasteiger partial charge on any atom is 0.338 e. The minimum absolute atomic E-state index is 0.397. The van der Waals surface area contributed by atoms with Gasteiger partial charge in [0.25, 0.3) is 0 Å². The van der Waals surface area contributed by atoms with Gasteiger partial charge < -0.3 is 5.21 Å². The van der Waals surface area contributed by atoms with E-state index < -0.39 is 0 Å². The minimum atomic E-state index is 0.397. The molecule has 0 aromatic heterocycles. The molecular weight excluding hydrogens is 212 g/mol. The van der Waals surface area contributed by atoms with Gasteiger partial charge >= 0.3 is 6.07 Å². The van der Waals surface area contributed by atoms with Crippen molar-refractivity contribution in [2.45, 2.75) is 12.8 Å². The molecule has 0 aliphatic rings. The molecule has 1 aromatic carbocycles. The van der Waals surface area contributed by atoms with E-state index in [9.17, 15) is 5.21 Å². The highest BCUT2D eigenvalue weighted by molar-refractivity contribution is 5.55. The van der Waals surface area contributed by atoms with Crippen LogP contribution in [0.1, 0.15) is 22.3 Å². The molecule has 1 rings (SSSR count). The third-order valence-corrected chi connectivity index (χ3v) is 2.40. The Balaban J connectivity index is 3.50. The summed E-state index contributed by atoms with van der Waals surface area (Å²) in [6.45, 7) is 7.35. The maximum atomic E-state index is 10.4. The molecule has 0 amide bonds. The topological polar surface area (TPSA) is 51.2 Å². The van der Waals surface area contributed by atoms with E-state index in [4.69, 9.17) is 5.26 Å². The van der Waals surface area contributed by atoms with E-state index in [0.717, 1.165) is 11.1 Å². The first-order chi connectivity index (χ1) is 8.28. The molecule has 0 atom stereocenters. The lowest BCUT2D eigenvalue weighted by Crippen LogP contribution is -1.99. The van der Waals surface area contributed by atoms with Crippen LogP contribution in [0.5, 0.6) is 0 Å². The summed E-state index contributed by atoms with van der Waals surface area (Å²) < 4.78 is 0. The second-order valence-electron chi connectivity index (χ2n) is 3.43. The summed E-state index contributed by atoms with van der Waals surface area (Å²) in [7, 11) is 0. The van der Waals surface area contributed by atoms with E-state index in [1.54, 1.807) is 18.2 Å². The summed E-state index contributed by atoms with van der Waals surface area (Å²) >= 11 is 0. The fourth-order valence-corrected chi connectivity index (χ4v) is 1.68. The predicted molar refractivity (Wildman–Crippen MR) is 68.7 cm³/mol. The van der Waals surface area contributed by atoms with Crippen molar-refractivity contribution in [2.75, 3.05) is 0 Å². The standard InChI is InChI=1S/C14H12N2O/c1-3-5-11-7-8-12(9-15)14(10-16-17)13(11)6-4-2/h3-4,7-8H,1-2,5-6H2. The van der Waals surface area contributed by atoms with Gasteiger partial charge in [-0.15, -0.1) is 13.2 Å². The lowest BCUT2D eigenvalue weighted by atomic mass is 9.93. The van der Waals surface area contributed by atoms with Crippen LogP contribution in [0.15, 0.2) is 37.4 Å². The first kappa shape index (κ1) is 12.5. The number of nitriles is 1. The van der Waals surface area contributed by atoms with Gasteiger partial charge in [0.05, 0.1) is 5.56 Å². The number of rotatable bonds is 4. The third kappa shape index (κ3) is 2.74. The molecule has 0 unspecified atom stereocenters. The Labute approximate surface area is 101 Å². The van der Waals surface area contributed by atoms with Crippen molar-refractivity contribution in [1.82, 2.24) is 0 Å². The molecule has 0 saturated carbocycles. The van der Waals surface area contributed by atoms with Crippen LogP contribution in [0, 0.1) is 22.6 Å². The van der Waals surface area contributed by atoms with Crippen molar-refractivity contribution < 1.29 is 0 Å². The summed E-state index contributed by atoms with van der Waals surface area (Å²) in [4.78, 5) is 0. The Hall–Kier alpha value is -2.52. The van der Waals surface area contributed by atoms with E-state index in [2.05, 4.69) is 24.2 Å². The second kappa shape index (κ2) is 6.15. The average molecular weight is 224 g/mol. The van der Waals surface area contributed by atoms with Gasteiger partial charge in [0.1, 0.15) is 11.6 Å². The quantitative estimate of drug-likeness (QED) is 0.582. The lowest BCUT2D eigenvalue weighted by molar-refractivity contribution is 1.14. The van der Waals surface area contributed by atoms with Gasteiger partial charge in [-0.1, -0.05) is 18.2 Å². The van der Waals surface area contributed by atoms with Gasteiger partial charge in [-0.25, -0.2) is 0 Å². The Kier molecular flexibility index (Phi) is 4.54. The van der Waals surface area contributed by atoms with E-state index in [0.29, 0.717) is 24.0 Å². The van der Waals surface area contributed by atoms with E-state index in [-0.39, 0.29) is 0 Å². The number of benzene rings is 1. The SMILES string of the molecule is C=CCc1ccc(C#N)c(C#[N+][O-])c1CC=C. The van der Waals surface area contributed by atoms with E-state index >= 15 is 0 Å². The predicted octanol–water partition coefficient (Wildman–Crippen LogP) is 3.19. The molecule has 84 valence electrons. The second-order valence-corrected chi connectivity index (χ2v) is 3.43. The van der Waals surface area contributed by atoms with Gasteiger partial charge in [-0.2, -0.15) is 5.26 Å². The molecular formula is C14H12N2O. The van der Waals surface area contributed by atoms with Crippen molar-refractivity contribution in [3.63, 3.8) is 0 Å². The van der Waals surface area contributed by atoms with Crippen molar-refractivity contribution >= 4 is 0 Å². The van der Waals surface area contributed by atoms with Gasteiger partial charge in [-0.05, 0) is 30.0 Å². The summed E-state index contributed by atoms with van der Waals surface area (Å²) in [6, 6.07) is 7.89. The molecule has 0 fully saturated rings. The van der Waals surface area contributed by atoms with Crippen LogP contribution in [0.2, 0.25) is 0 Å². The molecule has 3 heteroatoms. The monoisotopic (exact) mass is 224 g/mol. The van der Waals surface area contributed by atoms with Crippen LogP contribution in [-0.2, 0) is 12.8 Å². The largest absolute Gasteiger partial charge is 0.498 e. The molecule has 1 aromatic rings. The van der Waals surface area contributed by atoms with Crippen molar-refractivity contribution in [3.05, 3.63) is 69.9 Å². The zero-order valence-electron chi connectivity index (χ0n) is 9.44. The average Bonchev–Trinajstić information content (AvgIpc) is 2.34. The third-order valence-electron chi connectivity index (χ3n) is 2.40. The molecule has 0 saturated heterocycles. The van der Waals surface area contributed by atoms with Crippen LogP contribution in [-0.4, -0.2) is 0 Å². The maximum absolute atomic E-state index is 10.4. The van der Waals surface area contributed by atoms with Gasteiger partial charge in [0.15, 0.2) is 0 Å². The normalized spacial score (nSPS) is 8.65. The summed E-state index contributed by atoms with van der Waals surface area (Å²) in [5.74, 6) is 0. The highest BCUT2D eigenvalue weighted by Gasteiger charge is 2.14. The summed E-state index contributed by atoms with van der Waals surface area (Å²) in [5.41, 5.74) is 2.72. The zero-order valence-corrected chi connectivity index (χ0v) is 9.44. The van der Waals surface area contributed by atoms with Crippen molar-refractivity contribution in [1.29, 1.82) is 5.26 Å². The summed E-state index contributed by atoms with van der Waals surface area (Å²) in [6.07, 6.45) is 4.73. The fourth-order valence-electron chi connectivity index (χ4n) is 1.68. The smallest absolute Gasteiger partial charge is 0.338 e. The minimum Gasteiger partial charge on any atom is -0.498 e. The Bertz CT molecular complexity index is 542. The van der Waals surface area contributed by atoms with Crippen LogP contribution in [0.4, 0.5) is 0 Å². The van der Waals surface area contributed by atoms with Crippen molar-refractivity contribution in [2.24, 2.45) is 0 Å². The zero-order chi connectivity index (χ0) is 12.7. The molecule has 0 N–H and O–H groups in total. The van der Waals surface area contributed by atoms with Crippen LogP contribution in [0.25, 0.3) is 5.01 Å². The highest BCUT2D eigenvalue weighted by atomic mass is 16.4. The molecule has 0 aliphatic carbocycles. The molecule has 0 radical (unpaired) electrons. The number of hydrogen-bond donors (Lipinski definition) is 0. The molecule has 0 spiro atoms. The first-order valence-electron chi connectivity index (χ1n) is 5.13. The lowest BCUT2D eigenvalue weighted by Gasteiger charge is -2.07. The number of allylic oxidation sites excluding steroid dienone is 2. The Morgan fingerprint density at radius 2 is 2.00 bits per heavy atom. The van der Waals surface area contributed by atoms with Crippen molar-refractivity contribution in [3.8, 4) is 12.1 Å². The van der Waals surface area contributed by atoms with Gasteiger partial charge in [0, 0.05) is 5.01 Å². The molecule has 3 nitrogen and oxygen atoms in total. The van der Waals surface area contributed by atoms with Crippen LogP contribution >= 0.6 is 0 Å². The van der Waals surface area contributed by atoms with Gasteiger partial charge in [-0.3, -0.25) is 0 Å². The Morgan fingerprint density at radius 1 is 1.29 bits per heavy atom. The highest BCUT2D eigenvalue weighted by Crippen LogP contribution is 2.20. The fraction of sp³-hybridized carbons (Fsp3) is 0.143. The van der Waals surface area contributed by atoms with Gasteiger partial charge in [0.2, 0.25) is 0 Å². The number of nitrogens with zero attached hydrogens (tertiary/aromatic N) is 2. The summed E-state index contributed by atoms with van der Waals surface area (Å²) in [5, 5.41) is 22.0. The molecule has 0 heterocycles. The molecule has 17 heavy (non-hydrogen) atoms. The van der Waals surface area contributed by atoms with E-state index in [1.165, 1.54) is 0 Å².